The Labute approximate surface area is 123 Å². The van der Waals surface area contributed by atoms with Crippen molar-refractivity contribution in [3.05, 3.63) is 26.8 Å². The minimum absolute atomic E-state index is 0.309. The van der Waals surface area contributed by atoms with Gasteiger partial charge in [0.15, 0.2) is 0 Å². The first-order chi connectivity index (χ1) is 8.43. The number of anilines is 1. The molecule has 5 nitrogen and oxygen atoms in total. The number of carboxylic acid groups (broad SMARTS) is 1. The van der Waals surface area contributed by atoms with E-state index in [4.69, 9.17) is 16.7 Å². The number of carbonyl (C=O) groups excluding carboxylic acids is 1. The molecule has 1 atom stereocenters. The number of benzene rings is 1. The summed E-state index contributed by atoms with van der Waals surface area (Å²) < 4.78 is 0.945. The second-order valence-corrected chi connectivity index (χ2v) is 5.17. The molecule has 0 saturated heterocycles. The Hall–Kier alpha value is -1.02. The van der Waals surface area contributed by atoms with Crippen molar-refractivity contribution in [3.63, 3.8) is 0 Å². The number of rotatable bonds is 4. The Morgan fingerprint density at radius 2 is 2.17 bits per heavy atom. The lowest BCUT2D eigenvalue weighted by atomic mass is 10.2. The third-order valence-corrected chi connectivity index (χ3v) is 3.17. The van der Waals surface area contributed by atoms with Crippen molar-refractivity contribution in [1.82, 2.24) is 5.32 Å². The normalized spacial score (nSPS) is 11.7. The molecular weight excluding hydrogens is 370 g/mol. The number of aliphatic carboxylic acids is 1. The predicted octanol–water partition coefficient (Wildman–Crippen LogP) is 2.93. The van der Waals surface area contributed by atoms with Gasteiger partial charge in [-0.2, -0.15) is 0 Å². The summed E-state index contributed by atoms with van der Waals surface area (Å²) in [6, 6.07) is 3.65. The summed E-state index contributed by atoms with van der Waals surface area (Å²) in [7, 11) is 0. The zero-order valence-electron chi connectivity index (χ0n) is 9.54. The highest BCUT2D eigenvalue weighted by Crippen LogP contribution is 2.23. The number of hydrogen-bond donors (Lipinski definition) is 3. The summed E-state index contributed by atoms with van der Waals surface area (Å²) in [6.45, 7) is 1.68. The maximum Gasteiger partial charge on any atom is 0.326 e. The molecule has 0 saturated carbocycles. The van der Waals surface area contributed by atoms with Crippen LogP contribution in [-0.4, -0.2) is 23.1 Å². The number of halogens is 2. The van der Waals surface area contributed by atoms with Gasteiger partial charge in [-0.05, 0) is 47.2 Å². The first kappa shape index (κ1) is 15.0. The topological polar surface area (TPSA) is 78.4 Å². The van der Waals surface area contributed by atoms with Gasteiger partial charge in [0.2, 0.25) is 0 Å². The van der Waals surface area contributed by atoms with Crippen LogP contribution in [0.15, 0.2) is 18.2 Å². The Bertz CT molecular complexity index is 468. The molecule has 1 rings (SSSR count). The van der Waals surface area contributed by atoms with Crippen molar-refractivity contribution in [2.45, 2.75) is 19.4 Å². The Morgan fingerprint density at radius 1 is 1.50 bits per heavy atom. The molecule has 0 heterocycles. The highest BCUT2D eigenvalue weighted by Gasteiger charge is 2.17. The number of carboxylic acids is 1. The summed E-state index contributed by atoms with van der Waals surface area (Å²) >= 11 is 8.04. The number of carbonyl (C=O) groups is 2. The Morgan fingerprint density at radius 3 is 2.67 bits per heavy atom. The molecular formula is C11H12ClIN2O3. The van der Waals surface area contributed by atoms with Gasteiger partial charge in [0.1, 0.15) is 6.04 Å². The lowest BCUT2D eigenvalue weighted by Crippen LogP contribution is -2.42. The molecule has 0 aliphatic rings. The van der Waals surface area contributed by atoms with Gasteiger partial charge < -0.3 is 15.7 Å². The summed E-state index contributed by atoms with van der Waals surface area (Å²) in [5.41, 5.74) is 0.440. The summed E-state index contributed by atoms with van der Waals surface area (Å²) in [4.78, 5) is 22.3. The van der Waals surface area contributed by atoms with E-state index in [0.29, 0.717) is 17.1 Å². The average Bonchev–Trinajstić information content (AvgIpc) is 2.29. The van der Waals surface area contributed by atoms with E-state index < -0.39 is 18.0 Å². The fourth-order valence-electron chi connectivity index (χ4n) is 1.25. The molecule has 1 aromatic carbocycles. The highest BCUT2D eigenvalue weighted by molar-refractivity contribution is 14.1. The zero-order valence-corrected chi connectivity index (χ0v) is 12.4. The van der Waals surface area contributed by atoms with E-state index in [1.165, 1.54) is 0 Å². The third-order valence-electron chi connectivity index (χ3n) is 2.19. The number of urea groups is 1. The van der Waals surface area contributed by atoms with E-state index in [2.05, 4.69) is 33.2 Å². The van der Waals surface area contributed by atoms with Crippen LogP contribution < -0.4 is 10.6 Å². The van der Waals surface area contributed by atoms with Crippen LogP contribution in [0, 0.1) is 3.57 Å². The standard InChI is InChI=1S/C11H12ClIN2O3/c1-2-8(10(16)17)14-11(18)15-9-4-3-6(13)5-7(9)12/h3-5,8H,2H2,1H3,(H,16,17)(H2,14,15,18). The first-order valence-electron chi connectivity index (χ1n) is 5.19. The van der Waals surface area contributed by atoms with Crippen LogP contribution >= 0.6 is 34.2 Å². The SMILES string of the molecule is CCC(NC(=O)Nc1ccc(I)cc1Cl)C(=O)O. The van der Waals surface area contributed by atoms with Gasteiger partial charge in [-0.25, -0.2) is 9.59 Å². The molecule has 0 bridgehead atoms. The van der Waals surface area contributed by atoms with E-state index in [0.717, 1.165) is 3.57 Å². The molecule has 98 valence electrons. The van der Waals surface area contributed by atoms with Crippen molar-refractivity contribution in [2.24, 2.45) is 0 Å². The molecule has 0 aromatic heterocycles. The molecule has 3 N–H and O–H groups in total. The van der Waals surface area contributed by atoms with Crippen LogP contribution in [0.1, 0.15) is 13.3 Å². The van der Waals surface area contributed by atoms with Gasteiger partial charge >= 0.3 is 12.0 Å². The Balaban J connectivity index is 2.67. The highest BCUT2D eigenvalue weighted by atomic mass is 127. The number of amides is 2. The van der Waals surface area contributed by atoms with Crippen LogP contribution in [0.2, 0.25) is 5.02 Å². The maximum absolute atomic E-state index is 11.6. The lowest BCUT2D eigenvalue weighted by molar-refractivity contribution is -0.139. The average molecular weight is 383 g/mol. The first-order valence-corrected chi connectivity index (χ1v) is 6.65. The molecule has 0 aliphatic carbocycles. The van der Waals surface area contributed by atoms with Gasteiger partial charge in [-0.15, -0.1) is 0 Å². The molecule has 18 heavy (non-hydrogen) atoms. The van der Waals surface area contributed by atoms with Crippen LogP contribution in [-0.2, 0) is 4.79 Å². The molecule has 0 spiro atoms. The monoisotopic (exact) mass is 382 g/mol. The van der Waals surface area contributed by atoms with Crippen molar-refractivity contribution in [3.8, 4) is 0 Å². The van der Waals surface area contributed by atoms with Crippen molar-refractivity contribution < 1.29 is 14.7 Å². The van der Waals surface area contributed by atoms with Crippen LogP contribution in [0.25, 0.3) is 0 Å². The maximum atomic E-state index is 11.6. The van der Waals surface area contributed by atoms with Crippen molar-refractivity contribution >= 4 is 51.9 Å². The lowest BCUT2D eigenvalue weighted by Gasteiger charge is -2.13. The molecule has 0 aliphatic heterocycles. The van der Waals surface area contributed by atoms with Gasteiger partial charge in [-0.3, -0.25) is 0 Å². The number of hydrogen-bond acceptors (Lipinski definition) is 2. The van der Waals surface area contributed by atoms with Crippen molar-refractivity contribution in [1.29, 1.82) is 0 Å². The zero-order chi connectivity index (χ0) is 13.7. The third kappa shape index (κ3) is 4.34. The van der Waals surface area contributed by atoms with Crippen LogP contribution in [0.4, 0.5) is 10.5 Å². The second kappa shape index (κ2) is 6.79. The molecule has 0 radical (unpaired) electrons. The van der Waals surface area contributed by atoms with E-state index >= 15 is 0 Å². The van der Waals surface area contributed by atoms with Gasteiger partial charge in [-0.1, -0.05) is 18.5 Å². The van der Waals surface area contributed by atoms with E-state index in [-0.39, 0.29) is 0 Å². The van der Waals surface area contributed by atoms with Crippen molar-refractivity contribution in [2.75, 3.05) is 5.32 Å². The minimum Gasteiger partial charge on any atom is -0.480 e. The molecule has 1 unspecified atom stereocenters. The smallest absolute Gasteiger partial charge is 0.326 e. The Kier molecular flexibility index (Phi) is 5.67. The number of nitrogens with one attached hydrogen (secondary N) is 2. The summed E-state index contributed by atoms with van der Waals surface area (Å²) in [5.74, 6) is -1.07. The molecule has 0 fully saturated rings. The van der Waals surface area contributed by atoms with Crippen LogP contribution in [0.5, 0.6) is 0 Å². The quantitative estimate of drug-likeness (QED) is 0.701. The minimum atomic E-state index is -1.07. The van der Waals surface area contributed by atoms with Gasteiger partial charge in [0.25, 0.3) is 0 Å². The predicted molar refractivity (Wildman–Crippen MR) is 78.0 cm³/mol. The largest absolute Gasteiger partial charge is 0.480 e. The molecule has 7 heteroatoms. The summed E-state index contributed by atoms with van der Waals surface area (Å²) in [5, 5.41) is 14.1. The van der Waals surface area contributed by atoms with Gasteiger partial charge in [0, 0.05) is 3.57 Å². The van der Waals surface area contributed by atoms with E-state index in [9.17, 15) is 9.59 Å². The molecule has 1 aromatic rings. The second-order valence-electron chi connectivity index (χ2n) is 3.52. The summed E-state index contributed by atoms with van der Waals surface area (Å²) in [6.07, 6.45) is 0.309. The molecule has 2 amide bonds. The van der Waals surface area contributed by atoms with Gasteiger partial charge in [0.05, 0.1) is 10.7 Å². The van der Waals surface area contributed by atoms with E-state index in [1.54, 1.807) is 25.1 Å². The fourth-order valence-corrected chi connectivity index (χ4v) is 2.15. The fraction of sp³-hybridized carbons (Fsp3) is 0.273. The van der Waals surface area contributed by atoms with E-state index in [1.807, 2.05) is 0 Å². The van der Waals surface area contributed by atoms with Crippen LogP contribution in [0.3, 0.4) is 0 Å².